The minimum Gasteiger partial charge on any atom is -0.481 e. The Hall–Kier alpha value is -5.51. The zero-order valence-corrected chi connectivity index (χ0v) is 31.9. The van der Waals surface area contributed by atoms with Crippen LogP contribution < -0.4 is 38.1 Å². The maximum Gasteiger partial charge on any atom is 0.408 e. The topological polar surface area (TPSA) is 261 Å². The zero-order chi connectivity index (χ0) is 40.8. The van der Waals surface area contributed by atoms with E-state index in [1.165, 1.54) is 0 Å². The fourth-order valence-electron chi connectivity index (χ4n) is 5.50. The highest BCUT2D eigenvalue weighted by Crippen LogP contribution is 2.12. The fraction of sp³-hybridized carbons (Fsp3) is 0.513. The normalized spacial score (nSPS) is 13.2. The molecule has 302 valence electrons. The number of nitrogens with two attached hydrogens (primary N) is 2. The molecule has 0 saturated carbocycles. The number of carbonyl (C=O) groups is 7. The molecule has 0 aliphatic rings. The molecule has 0 aliphatic carbocycles. The third kappa shape index (κ3) is 19.4. The minimum absolute atomic E-state index is 0.0673. The van der Waals surface area contributed by atoms with Crippen LogP contribution in [0.25, 0.3) is 0 Å². The lowest BCUT2D eigenvalue weighted by Crippen LogP contribution is -2.58. The summed E-state index contributed by atoms with van der Waals surface area (Å²) in [4.78, 5) is 89.3. The number of carboxylic acid groups (broad SMARTS) is 1. The van der Waals surface area contributed by atoms with Crippen LogP contribution in [0.15, 0.2) is 60.7 Å². The minimum atomic E-state index is -1.26. The second-order valence-corrected chi connectivity index (χ2v) is 14.2. The van der Waals surface area contributed by atoms with E-state index in [0.717, 1.165) is 11.1 Å². The van der Waals surface area contributed by atoms with Gasteiger partial charge in [0.05, 0.1) is 0 Å². The predicted octanol–water partition coefficient (Wildman–Crippen LogP) is 1.59. The van der Waals surface area contributed by atoms with E-state index >= 15 is 0 Å². The second kappa shape index (κ2) is 24.0. The number of amides is 6. The van der Waals surface area contributed by atoms with E-state index in [2.05, 4.69) is 26.6 Å². The molecule has 2 aromatic rings. The number of unbranched alkanes of at least 4 members (excludes halogenated alkanes) is 2. The van der Waals surface area contributed by atoms with Crippen LogP contribution in [0.2, 0.25) is 0 Å². The lowest BCUT2D eigenvalue weighted by molar-refractivity contribution is -0.140. The van der Waals surface area contributed by atoms with Crippen LogP contribution in [0.4, 0.5) is 4.79 Å². The Kier molecular flexibility index (Phi) is 19.9. The van der Waals surface area contributed by atoms with Crippen molar-refractivity contribution in [3.8, 4) is 0 Å². The first-order chi connectivity index (χ1) is 26.1. The van der Waals surface area contributed by atoms with Gasteiger partial charge in [0.15, 0.2) is 0 Å². The molecule has 2 aromatic carbocycles. The van der Waals surface area contributed by atoms with Crippen molar-refractivity contribution in [2.24, 2.45) is 11.5 Å². The molecule has 10 N–H and O–H groups in total. The molecule has 16 nitrogen and oxygen atoms in total. The first kappa shape index (κ1) is 45.6. The van der Waals surface area contributed by atoms with Gasteiger partial charge in [-0.2, -0.15) is 0 Å². The first-order valence-corrected chi connectivity index (χ1v) is 18.5. The van der Waals surface area contributed by atoms with Gasteiger partial charge < -0.3 is 47.9 Å². The van der Waals surface area contributed by atoms with Crippen molar-refractivity contribution in [3.63, 3.8) is 0 Å². The van der Waals surface area contributed by atoms with Crippen molar-refractivity contribution in [3.05, 3.63) is 71.8 Å². The standard InChI is InChI=1S/C39H57N7O9/c1-39(2,3)55-38(54)46-29(19-11-13-23-42-32(47)25-33(48)49)35(51)44-30(21-20-26-14-6-4-7-15-26)36(52)45-31(24-27-16-8-5-9-17-27)37(53)43-28(34(41)50)18-10-12-22-40/h4-9,14-17,28-31H,10-13,18-25,40H2,1-3H3,(H2,41,50)(H,42,47)(H,43,53)(H,44,51)(H,45,52)(H,46,54)(H,48,49)/t28-,29-,30-,31-/m0/s1. The van der Waals surface area contributed by atoms with Crippen molar-refractivity contribution >= 4 is 41.6 Å². The summed E-state index contributed by atoms with van der Waals surface area (Å²) in [5.41, 5.74) is 11.9. The maximum atomic E-state index is 14.1. The summed E-state index contributed by atoms with van der Waals surface area (Å²) >= 11 is 0. The second-order valence-electron chi connectivity index (χ2n) is 14.2. The molecular formula is C39H57N7O9. The van der Waals surface area contributed by atoms with Gasteiger partial charge in [0.1, 0.15) is 36.2 Å². The van der Waals surface area contributed by atoms with Crippen molar-refractivity contribution in [2.75, 3.05) is 13.1 Å². The molecule has 0 unspecified atom stereocenters. The summed E-state index contributed by atoms with van der Waals surface area (Å²) < 4.78 is 5.38. The van der Waals surface area contributed by atoms with Gasteiger partial charge in [0, 0.05) is 13.0 Å². The molecule has 0 aliphatic heterocycles. The van der Waals surface area contributed by atoms with E-state index in [9.17, 15) is 33.6 Å². The number of hydrogen-bond donors (Lipinski definition) is 8. The number of carbonyl (C=O) groups excluding carboxylic acids is 6. The van der Waals surface area contributed by atoms with Gasteiger partial charge >= 0.3 is 12.1 Å². The molecule has 6 amide bonds. The molecule has 0 saturated heterocycles. The maximum absolute atomic E-state index is 14.1. The molecule has 0 aromatic heterocycles. The molecule has 16 heteroatoms. The van der Waals surface area contributed by atoms with E-state index < -0.39 is 77.8 Å². The molecule has 2 rings (SSSR count). The molecule has 0 heterocycles. The first-order valence-electron chi connectivity index (χ1n) is 18.5. The molecular weight excluding hydrogens is 710 g/mol. The largest absolute Gasteiger partial charge is 0.481 e. The zero-order valence-electron chi connectivity index (χ0n) is 31.9. The lowest BCUT2D eigenvalue weighted by atomic mass is 10.0. The SMILES string of the molecule is CC(C)(C)OC(=O)N[C@@H](CCCCNC(=O)CC(=O)O)C(=O)N[C@@H](CCc1ccccc1)C(=O)N[C@@H](Cc1ccccc1)C(=O)N[C@@H](CCCCN)C(N)=O. The van der Waals surface area contributed by atoms with Crippen LogP contribution in [0.1, 0.15) is 83.3 Å². The number of rotatable bonds is 24. The van der Waals surface area contributed by atoms with Crippen LogP contribution in [0, 0.1) is 0 Å². The number of benzene rings is 2. The van der Waals surface area contributed by atoms with Crippen LogP contribution in [0.5, 0.6) is 0 Å². The highest BCUT2D eigenvalue weighted by Gasteiger charge is 2.32. The van der Waals surface area contributed by atoms with Gasteiger partial charge in [0.2, 0.25) is 29.5 Å². The van der Waals surface area contributed by atoms with E-state index in [1.807, 2.05) is 36.4 Å². The Bertz CT molecular complexity index is 1550. The molecule has 55 heavy (non-hydrogen) atoms. The number of alkyl carbamates (subject to hydrolysis) is 1. The van der Waals surface area contributed by atoms with E-state index in [-0.39, 0.29) is 32.2 Å². The summed E-state index contributed by atoms with van der Waals surface area (Å²) in [7, 11) is 0. The molecule has 4 atom stereocenters. The van der Waals surface area contributed by atoms with Crippen LogP contribution >= 0.6 is 0 Å². The van der Waals surface area contributed by atoms with Crippen LogP contribution in [0.3, 0.4) is 0 Å². The summed E-state index contributed by atoms with van der Waals surface area (Å²) in [5.74, 6) is -4.64. The van der Waals surface area contributed by atoms with Gasteiger partial charge in [-0.15, -0.1) is 0 Å². The van der Waals surface area contributed by atoms with Gasteiger partial charge in [-0.25, -0.2) is 4.79 Å². The third-order valence-electron chi connectivity index (χ3n) is 8.28. The lowest BCUT2D eigenvalue weighted by Gasteiger charge is -2.27. The van der Waals surface area contributed by atoms with E-state index in [4.69, 9.17) is 21.3 Å². The summed E-state index contributed by atoms with van der Waals surface area (Å²) in [5, 5.41) is 22.1. The molecule has 0 bridgehead atoms. The van der Waals surface area contributed by atoms with E-state index in [0.29, 0.717) is 38.6 Å². The number of hydrogen-bond acceptors (Lipinski definition) is 9. The number of nitrogens with one attached hydrogen (secondary N) is 5. The monoisotopic (exact) mass is 767 g/mol. The third-order valence-corrected chi connectivity index (χ3v) is 8.28. The highest BCUT2D eigenvalue weighted by atomic mass is 16.6. The number of ether oxygens (including phenoxy) is 1. The van der Waals surface area contributed by atoms with Crippen LogP contribution in [-0.4, -0.2) is 89.6 Å². The Morgan fingerprint density at radius 2 is 1.18 bits per heavy atom. The van der Waals surface area contributed by atoms with Gasteiger partial charge in [-0.1, -0.05) is 60.7 Å². The summed E-state index contributed by atoms with van der Waals surface area (Å²) in [6, 6.07) is 13.8. The quantitative estimate of drug-likeness (QED) is 0.0565. The van der Waals surface area contributed by atoms with Crippen molar-refractivity contribution < 1.29 is 43.4 Å². The van der Waals surface area contributed by atoms with Gasteiger partial charge in [0.25, 0.3) is 0 Å². The highest BCUT2D eigenvalue weighted by molar-refractivity contribution is 5.95. The Morgan fingerprint density at radius 1 is 0.673 bits per heavy atom. The average molecular weight is 768 g/mol. The van der Waals surface area contributed by atoms with Crippen molar-refractivity contribution in [1.82, 2.24) is 26.6 Å². The smallest absolute Gasteiger partial charge is 0.408 e. The number of carboxylic acids is 1. The number of aliphatic carboxylic acids is 1. The molecule has 0 spiro atoms. The van der Waals surface area contributed by atoms with Gasteiger partial charge in [-0.3, -0.25) is 28.8 Å². The van der Waals surface area contributed by atoms with Crippen molar-refractivity contribution in [2.45, 2.75) is 115 Å². The van der Waals surface area contributed by atoms with Crippen LogP contribution in [-0.2, 0) is 46.3 Å². The fourth-order valence-corrected chi connectivity index (χ4v) is 5.50. The summed E-state index contributed by atoms with van der Waals surface area (Å²) in [6.07, 6.45) is 1.24. The predicted molar refractivity (Wildman–Crippen MR) is 205 cm³/mol. The molecule has 0 radical (unpaired) electrons. The Labute approximate surface area is 322 Å². The number of primary amides is 1. The number of aryl methyl sites for hydroxylation is 1. The molecule has 0 fully saturated rings. The summed E-state index contributed by atoms with van der Waals surface area (Å²) in [6.45, 7) is 5.55. The average Bonchev–Trinajstić information content (AvgIpc) is 3.11. The Morgan fingerprint density at radius 3 is 1.75 bits per heavy atom. The Balaban J connectivity index is 2.34. The van der Waals surface area contributed by atoms with Crippen molar-refractivity contribution in [1.29, 1.82) is 0 Å². The van der Waals surface area contributed by atoms with Gasteiger partial charge in [-0.05, 0) is 89.8 Å². The van der Waals surface area contributed by atoms with E-state index in [1.54, 1.807) is 45.0 Å².